The Kier molecular flexibility index (Phi) is 2.37. The van der Waals surface area contributed by atoms with E-state index in [4.69, 9.17) is 4.74 Å². The first-order valence-electron chi connectivity index (χ1n) is 6.79. The number of ether oxygens (including phenoxy) is 1. The quantitative estimate of drug-likeness (QED) is 0.742. The van der Waals surface area contributed by atoms with Crippen LogP contribution in [0, 0.1) is 11.8 Å². The van der Waals surface area contributed by atoms with Crippen molar-refractivity contribution in [3.63, 3.8) is 0 Å². The average molecular weight is 319 g/mol. The van der Waals surface area contributed by atoms with E-state index in [0.717, 1.165) is 10.9 Å². The highest BCUT2D eigenvalue weighted by Crippen LogP contribution is 2.61. The lowest BCUT2D eigenvalue weighted by Gasteiger charge is -2.43. The van der Waals surface area contributed by atoms with Gasteiger partial charge in [-0.25, -0.2) is 0 Å². The molecule has 2 bridgehead atoms. The molecule has 0 N–H and O–H groups in total. The zero-order valence-corrected chi connectivity index (χ0v) is 12.3. The summed E-state index contributed by atoms with van der Waals surface area (Å²) in [7, 11) is 0. The van der Waals surface area contributed by atoms with Crippen LogP contribution in [0.4, 0.5) is 0 Å². The molecule has 3 aliphatic carbocycles. The second-order valence-electron chi connectivity index (χ2n) is 5.80. The van der Waals surface area contributed by atoms with Gasteiger partial charge in [0.2, 0.25) is 0 Å². The van der Waals surface area contributed by atoms with Crippen LogP contribution in [0.15, 0.2) is 40.9 Å². The van der Waals surface area contributed by atoms with Gasteiger partial charge in [0.15, 0.2) is 11.4 Å². The van der Waals surface area contributed by atoms with Gasteiger partial charge in [-0.1, -0.05) is 52.3 Å². The number of Topliss-reactive ketones (excluding diaryl/α,β-unsaturated/α-hetero) is 1. The van der Waals surface area contributed by atoms with E-state index in [-0.39, 0.29) is 23.7 Å². The fourth-order valence-corrected chi connectivity index (χ4v) is 4.73. The van der Waals surface area contributed by atoms with Gasteiger partial charge in [-0.05, 0) is 29.3 Å². The summed E-state index contributed by atoms with van der Waals surface area (Å²) < 4.78 is 6.89. The van der Waals surface area contributed by atoms with E-state index in [1.54, 1.807) is 0 Å². The van der Waals surface area contributed by atoms with Crippen LogP contribution in [-0.4, -0.2) is 17.5 Å². The van der Waals surface area contributed by atoms with Gasteiger partial charge in [0, 0.05) is 11.8 Å². The van der Waals surface area contributed by atoms with Crippen LogP contribution in [-0.2, 0) is 9.53 Å². The van der Waals surface area contributed by atoms with Crippen LogP contribution < -0.4 is 0 Å². The average Bonchev–Trinajstić information content (AvgIpc) is 3.08. The monoisotopic (exact) mass is 318 g/mol. The Balaban J connectivity index is 1.77. The van der Waals surface area contributed by atoms with Crippen molar-refractivity contribution < 1.29 is 9.53 Å². The number of halogens is 1. The molecule has 1 heterocycles. The zero-order valence-electron chi connectivity index (χ0n) is 10.7. The predicted octanol–water partition coefficient (Wildman–Crippen LogP) is 3.43. The van der Waals surface area contributed by atoms with E-state index in [1.165, 1.54) is 5.56 Å². The Morgan fingerprint density at radius 1 is 1.32 bits per heavy atom. The SMILES string of the molecule is CC1OC12C(=O)C1C=C(Br)C2CC1c1ccccc1. The molecule has 19 heavy (non-hydrogen) atoms. The highest BCUT2D eigenvalue weighted by Gasteiger charge is 2.70. The third kappa shape index (κ3) is 1.43. The molecule has 1 aliphatic heterocycles. The molecular weight excluding hydrogens is 304 g/mol. The van der Waals surface area contributed by atoms with Crippen LogP contribution in [0.5, 0.6) is 0 Å². The number of benzene rings is 1. The minimum Gasteiger partial charge on any atom is -0.357 e. The van der Waals surface area contributed by atoms with Crippen molar-refractivity contribution in [3.05, 3.63) is 46.5 Å². The summed E-state index contributed by atoms with van der Waals surface area (Å²) in [6.45, 7) is 2.01. The number of carbonyl (C=O) groups is 1. The Hall–Kier alpha value is -0.930. The molecule has 5 rings (SSSR count). The smallest absolute Gasteiger partial charge is 0.175 e. The Bertz CT molecular complexity index is 580. The van der Waals surface area contributed by atoms with Crippen LogP contribution in [0.3, 0.4) is 0 Å². The molecule has 0 aromatic heterocycles. The standard InChI is InChI=1S/C16H15BrO2/c1-9-16(19-9)13-7-11(10-5-3-2-4-6-10)12(15(16)18)8-14(13)17/h2-6,8-9,11-13H,7H2,1H3. The van der Waals surface area contributed by atoms with Crippen molar-refractivity contribution >= 4 is 21.7 Å². The van der Waals surface area contributed by atoms with Crippen molar-refractivity contribution in [2.24, 2.45) is 11.8 Å². The predicted molar refractivity (Wildman–Crippen MR) is 76.1 cm³/mol. The summed E-state index contributed by atoms with van der Waals surface area (Å²) >= 11 is 3.64. The Labute approximate surface area is 121 Å². The Morgan fingerprint density at radius 2 is 2.00 bits per heavy atom. The van der Waals surface area contributed by atoms with Crippen LogP contribution in [0.2, 0.25) is 0 Å². The second-order valence-corrected chi connectivity index (χ2v) is 6.72. The lowest BCUT2D eigenvalue weighted by molar-refractivity contribution is -0.132. The fourth-order valence-electron chi connectivity index (χ4n) is 3.91. The summed E-state index contributed by atoms with van der Waals surface area (Å²) in [5, 5.41) is 0. The number of fused-ring (bicyclic) bond motifs is 1. The molecule has 2 fully saturated rings. The first-order chi connectivity index (χ1) is 9.14. The van der Waals surface area contributed by atoms with Gasteiger partial charge >= 0.3 is 0 Å². The third-order valence-electron chi connectivity index (χ3n) is 4.95. The van der Waals surface area contributed by atoms with Gasteiger partial charge in [-0.3, -0.25) is 4.79 Å². The van der Waals surface area contributed by atoms with E-state index < -0.39 is 5.60 Å². The molecule has 4 aliphatic rings. The number of carbonyl (C=O) groups excluding carboxylic acids is 1. The molecule has 1 spiro atoms. The maximum Gasteiger partial charge on any atom is 0.175 e. The number of ketones is 1. The minimum absolute atomic E-state index is 0.0354. The Morgan fingerprint density at radius 3 is 2.63 bits per heavy atom. The molecule has 0 amide bonds. The van der Waals surface area contributed by atoms with E-state index in [2.05, 4.69) is 34.1 Å². The number of rotatable bonds is 1. The van der Waals surface area contributed by atoms with Gasteiger partial charge in [0.05, 0.1) is 6.10 Å². The molecule has 1 saturated heterocycles. The largest absolute Gasteiger partial charge is 0.357 e. The molecule has 5 unspecified atom stereocenters. The van der Waals surface area contributed by atoms with Gasteiger partial charge in [0.25, 0.3) is 0 Å². The molecule has 5 atom stereocenters. The summed E-state index contributed by atoms with van der Waals surface area (Å²) in [5.41, 5.74) is 0.758. The van der Waals surface area contributed by atoms with Crippen molar-refractivity contribution in [2.75, 3.05) is 0 Å². The number of allylic oxidation sites excluding steroid dienone is 1. The normalized spacial score (nSPS) is 43.5. The van der Waals surface area contributed by atoms with E-state index in [0.29, 0.717) is 5.92 Å². The second kappa shape index (κ2) is 3.80. The highest BCUT2D eigenvalue weighted by atomic mass is 79.9. The number of hydrogen-bond donors (Lipinski definition) is 0. The minimum atomic E-state index is -0.510. The number of hydrogen-bond acceptors (Lipinski definition) is 2. The van der Waals surface area contributed by atoms with Crippen LogP contribution >= 0.6 is 15.9 Å². The van der Waals surface area contributed by atoms with Crippen molar-refractivity contribution in [3.8, 4) is 0 Å². The van der Waals surface area contributed by atoms with Crippen LogP contribution in [0.1, 0.15) is 24.8 Å². The van der Waals surface area contributed by atoms with Gasteiger partial charge in [-0.2, -0.15) is 0 Å². The molecule has 1 aromatic rings. The molecule has 3 heteroatoms. The molecule has 1 aromatic carbocycles. The van der Waals surface area contributed by atoms with Gasteiger partial charge < -0.3 is 4.74 Å². The number of epoxide rings is 1. The summed E-state index contributed by atoms with van der Waals surface area (Å²) in [4.78, 5) is 12.7. The molecule has 2 nitrogen and oxygen atoms in total. The maximum absolute atomic E-state index is 12.7. The molecular formula is C16H15BrO2. The van der Waals surface area contributed by atoms with E-state index in [1.807, 2.05) is 25.1 Å². The summed E-state index contributed by atoms with van der Waals surface area (Å²) in [6, 6.07) is 10.4. The fraction of sp³-hybridized carbons (Fsp3) is 0.438. The van der Waals surface area contributed by atoms with E-state index in [9.17, 15) is 4.79 Å². The third-order valence-corrected chi connectivity index (χ3v) is 5.76. The van der Waals surface area contributed by atoms with Crippen molar-refractivity contribution in [1.29, 1.82) is 0 Å². The van der Waals surface area contributed by atoms with Gasteiger partial charge in [-0.15, -0.1) is 0 Å². The highest BCUT2D eigenvalue weighted by molar-refractivity contribution is 9.11. The molecule has 0 radical (unpaired) electrons. The molecule has 98 valence electrons. The molecule has 1 saturated carbocycles. The van der Waals surface area contributed by atoms with Crippen LogP contribution in [0.25, 0.3) is 0 Å². The topological polar surface area (TPSA) is 29.6 Å². The lowest BCUT2D eigenvalue weighted by atomic mass is 9.60. The van der Waals surface area contributed by atoms with E-state index >= 15 is 0 Å². The first-order valence-corrected chi connectivity index (χ1v) is 7.58. The maximum atomic E-state index is 12.7. The summed E-state index contributed by atoms with van der Waals surface area (Å²) in [5.74, 6) is 0.757. The van der Waals surface area contributed by atoms with Crippen molar-refractivity contribution in [1.82, 2.24) is 0 Å². The summed E-state index contributed by atoms with van der Waals surface area (Å²) in [6.07, 6.45) is 3.18. The zero-order chi connectivity index (χ0) is 13.2. The lowest BCUT2D eigenvalue weighted by Crippen LogP contribution is -2.50. The van der Waals surface area contributed by atoms with Gasteiger partial charge in [0.1, 0.15) is 0 Å². The first kappa shape index (κ1) is 11.9. The van der Waals surface area contributed by atoms with Crippen molar-refractivity contribution in [2.45, 2.75) is 31.0 Å².